The Morgan fingerprint density at radius 2 is 1.89 bits per heavy atom. The first kappa shape index (κ1) is 21.8. The second kappa shape index (κ2) is 10.8. The lowest BCUT2D eigenvalue weighted by atomic mass is 10.2. The molecule has 2 rings (SSSR count). The monoisotopic (exact) mass is 410 g/mol. The van der Waals surface area contributed by atoms with Crippen LogP contribution in [0.15, 0.2) is 18.2 Å². The smallest absolute Gasteiger partial charge is 0.340 e. The largest absolute Gasteiger partial charge is 0.495 e. The summed E-state index contributed by atoms with van der Waals surface area (Å²) in [6, 6.07) is 4.56. The number of nitrogens with one attached hydrogen (secondary N) is 2. The molecule has 8 nitrogen and oxygen atoms in total. The molecular formula is C19H27ClN4O4. The Bertz CT molecular complexity index is 713. The van der Waals surface area contributed by atoms with Crippen molar-refractivity contribution in [2.24, 2.45) is 0 Å². The maximum atomic E-state index is 12.7. The van der Waals surface area contributed by atoms with Crippen molar-refractivity contribution >= 4 is 35.1 Å². The molecule has 0 radical (unpaired) electrons. The fraction of sp³-hybridized carbons (Fsp3) is 0.526. The van der Waals surface area contributed by atoms with E-state index in [0.29, 0.717) is 48.9 Å². The van der Waals surface area contributed by atoms with Crippen LogP contribution in [0, 0.1) is 0 Å². The summed E-state index contributed by atoms with van der Waals surface area (Å²) in [5.74, 6) is 0.366. The van der Waals surface area contributed by atoms with E-state index in [1.165, 1.54) is 24.1 Å². The van der Waals surface area contributed by atoms with Gasteiger partial charge in [0.05, 0.1) is 12.8 Å². The molecule has 0 spiro atoms. The lowest BCUT2D eigenvalue weighted by molar-refractivity contribution is -0.140. The average molecular weight is 411 g/mol. The molecule has 0 unspecified atom stereocenters. The van der Waals surface area contributed by atoms with Crippen molar-refractivity contribution in [2.45, 2.75) is 39.0 Å². The van der Waals surface area contributed by atoms with Crippen LogP contribution in [-0.2, 0) is 9.59 Å². The number of nitrogens with zero attached hydrogens (tertiary/aromatic N) is 2. The fourth-order valence-corrected chi connectivity index (χ4v) is 3.18. The van der Waals surface area contributed by atoms with Crippen molar-refractivity contribution in [3.63, 3.8) is 0 Å². The highest BCUT2D eigenvalue weighted by Crippen LogP contribution is 2.28. The van der Waals surface area contributed by atoms with Crippen LogP contribution in [0.1, 0.15) is 39.0 Å². The predicted octanol–water partition coefficient (Wildman–Crippen LogP) is 3.03. The van der Waals surface area contributed by atoms with E-state index in [2.05, 4.69) is 10.6 Å². The van der Waals surface area contributed by atoms with Crippen LogP contribution >= 0.6 is 11.6 Å². The SMILES string of the molecule is COc1ccc(Cl)cc1NC(=O)N1CCCN1C(=O)CCCCCNC(C)=O. The van der Waals surface area contributed by atoms with Gasteiger partial charge < -0.3 is 15.4 Å². The van der Waals surface area contributed by atoms with Crippen LogP contribution in [0.5, 0.6) is 5.75 Å². The van der Waals surface area contributed by atoms with Crippen LogP contribution in [0.2, 0.25) is 5.02 Å². The maximum absolute atomic E-state index is 12.7. The highest BCUT2D eigenvalue weighted by Gasteiger charge is 2.30. The van der Waals surface area contributed by atoms with Gasteiger partial charge in [0, 0.05) is 38.0 Å². The third-order valence-electron chi connectivity index (χ3n) is 4.40. The van der Waals surface area contributed by atoms with E-state index in [-0.39, 0.29) is 11.8 Å². The van der Waals surface area contributed by atoms with Gasteiger partial charge in [0.15, 0.2) is 0 Å². The van der Waals surface area contributed by atoms with Gasteiger partial charge in [0.25, 0.3) is 0 Å². The fourth-order valence-electron chi connectivity index (χ4n) is 3.01. The number of rotatable bonds is 8. The number of hydrogen-bond acceptors (Lipinski definition) is 4. The molecule has 1 heterocycles. The predicted molar refractivity (Wildman–Crippen MR) is 107 cm³/mol. The zero-order chi connectivity index (χ0) is 20.5. The molecule has 9 heteroatoms. The molecule has 0 atom stereocenters. The van der Waals surface area contributed by atoms with Gasteiger partial charge in [-0.05, 0) is 37.5 Å². The summed E-state index contributed by atoms with van der Waals surface area (Å²) in [5.41, 5.74) is 0.456. The molecule has 28 heavy (non-hydrogen) atoms. The Labute approximate surface area is 170 Å². The topological polar surface area (TPSA) is 91.0 Å². The molecule has 2 N–H and O–H groups in total. The van der Waals surface area contributed by atoms with Crippen LogP contribution < -0.4 is 15.4 Å². The lowest BCUT2D eigenvalue weighted by Gasteiger charge is -2.28. The molecule has 0 aliphatic carbocycles. The summed E-state index contributed by atoms with van der Waals surface area (Å²) in [7, 11) is 1.51. The van der Waals surface area contributed by atoms with E-state index < -0.39 is 6.03 Å². The Kier molecular flexibility index (Phi) is 8.38. The molecule has 4 amide bonds. The van der Waals surface area contributed by atoms with Gasteiger partial charge in [-0.25, -0.2) is 9.80 Å². The Morgan fingerprint density at radius 1 is 1.14 bits per heavy atom. The van der Waals surface area contributed by atoms with Crippen molar-refractivity contribution < 1.29 is 19.1 Å². The highest BCUT2D eigenvalue weighted by molar-refractivity contribution is 6.31. The molecule has 0 aromatic heterocycles. The number of methoxy groups -OCH3 is 1. The third-order valence-corrected chi connectivity index (χ3v) is 4.63. The van der Waals surface area contributed by atoms with Crippen molar-refractivity contribution in [3.05, 3.63) is 23.2 Å². The van der Waals surface area contributed by atoms with Crippen molar-refractivity contribution in [2.75, 3.05) is 32.1 Å². The van der Waals surface area contributed by atoms with Crippen molar-refractivity contribution in [3.8, 4) is 5.75 Å². The number of hydrazine groups is 1. The molecule has 154 valence electrons. The number of amides is 4. The summed E-state index contributed by atoms with van der Waals surface area (Å²) < 4.78 is 5.24. The van der Waals surface area contributed by atoms with Gasteiger partial charge in [-0.3, -0.25) is 14.6 Å². The Balaban J connectivity index is 1.86. The number of anilines is 1. The molecule has 1 aromatic rings. The first-order chi connectivity index (χ1) is 13.4. The Hall–Kier alpha value is -2.48. The first-order valence-electron chi connectivity index (χ1n) is 9.39. The zero-order valence-corrected chi connectivity index (χ0v) is 17.1. The van der Waals surface area contributed by atoms with Crippen LogP contribution in [0.4, 0.5) is 10.5 Å². The van der Waals surface area contributed by atoms with E-state index in [4.69, 9.17) is 16.3 Å². The van der Waals surface area contributed by atoms with Crippen molar-refractivity contribution in [1.82, 2.24) is 15.3 Å². The zero-order valence-electron chi connectivity index (χ0n) is 16.3. The molecule has 1 aliphatic heterocycles. The maximum Gasteiger partial charge on any atom is 0.340 e. The number of unbranched alkanes of at least 4 members (excludes halogenated alkanes) is 2. The van der Waals surface area contributed by atoms with E-state index in [9.17, 15) is 14.4 Å². The van der Waals surface area contributed by atoms with Gasteiger partial charge in [-0.1, -0.05) is 18.0 Å². The molecule has 1 fully saturated rings. The summed E-state index contributed by atoms with van der Waals surface area (Å²) in [5, 5.41) is 8.91. The third kappa shape index (κ3) is 6.30. The standard InChI is InChI=1S/C19H27ClN4O4/c1-14(25)21-10-5-3-4-7-18(26)23-11-6-12-24(23)19(27)22-16-13-15(20)8-9-17(16)28-2/h8-9,13H,3-7,10-12H2,1-2H3,(H,21,25)(H,22,27). The highest BCUT2D eigenvalue weighted by atomic mass is 35.5. The van der Waals surface area contributed by atoms with E-state index >= 15 is 0 Å². The molecule has 1 saturated heterocycles. The molecular weight excluding hydrogens is 384 g/mol. The van der Waals surface area contributed by atoms with E-state index in [1.54, 1.807) is 18.2 Å². The number of carbonyl (C=O) groups excluding carboxylic acids is 3. The second-order valence-electron chi connectivity index (χ2n) is 6.56. The van der Waals surface area contributed by atoms with E-state index in [0.717, 1.165) is 19.3 Å². The number of benzene rings is 1. The summed E-state index contributed by atoms with van der Waals surface area (Å²) in [6.45, 7) is 3.09. The van der Waals surface area contributed by atoms with Gasteiger partial charge in [0.2, 0.25) is 11.8 Å². The van der Waals surface area contributed by atoms with Crippen LogP contribution in [-0.4, -0.2) is 54.6 Å². The van der Waals surface area contributed by atoms with Gasteiger partial charge in [0.1, 0.15) is 5.75 Å². The molecule has 1 aliphatic rings. The summed E-state index contributed by atoms with van der Waals surface area (Å²) >= 11 is 6.00. The van der Waals surface area contributed by atoms with Gasteiger partial charge in [-0.15, -0.1) is 0 Å². The molecule has 1 aromatic carbocycles. The Morgan fingerprint density at radius 3 is 2.61 bits per heavy atom. The number of urea groups is 1. The molecule has 0 bridgehead atoms. The number of carbonyl (C=O) groups is 3. The lowest BCUT2D eigenvalue weighted by Crippen LogP contribution is -2.46. The van der Waals surface area contributed by atoms with E-state index in [1.807, 2.05) is 0 Å². The summed E-state index contributed by atoms with van der Waals surface area (Å²) in [4.78, 5) is 36.0. The normalized spacial score (nSPS) is 13.4. The van der Waals surface area contributed by atoms with Crippen molar-refractivity contribution in [1.29, 1.82) is 0 Å². The number of halogens is 1. The van der Waals surface area contributed by atoms with Gasteiger partial charge >= 0.3 is 6.03 Å². The van der Waals surface area contributed by atoms with Crippen LogP contribution in [0.3, 0.4) is 0 Å². The average Bonchev–Trinajstić information content (AvgIpc) is 3.14. The number of hydrogen-bond donors (Lipinski definition) is 2. The minimum absolute atomic E-state index is 0.0499. The summed E-state index contributed by atoms with van der Waals surface area (Å²) in [6.07, 6.45) is 3.47. The molecule has 0 saturated carbocycles. The van der Waals surface area contributed by atoms with Gasteiger partial charge in [-0.2, -0.15) is 0 Å². The first-order valence-corrected chi connectivity index (χ1v) is 9.77. The number of ether oxygens (including phenoxy) is 1. The minimum Gasteiger partial charge on any atom is -0.495 e. The minimum atomic E-state index is -0.392. The second-order valence-corrected chi connectivity index (χ2v) is 7.00. The quantitative estimate of drug-likeness (QED) is 0.644. The van der Waals surface area contributed by atoms with Crippen LogP contribution in [0.25, 0.3) is 0 Å².